The largest absolute Gasteiger partial charge is 0.493 e. The highest BCUT2D eigenvalue weighted by Gasteiger charge is 2.43. The molecule has 23 nitrogen and oxygen atoms in total. The summed E-state index contributed by atoms with van der Waals surface area (Å²) in [6.45, 7) is 8.44. The van der Waals surface area contributed by atoms with Crippen LogP contribution in [0, 0.1) is 5.41 Å². The summed E-state index contributed by atoms with van der Waals surface area (Å²) in [6, 6.07) is 20.6. The molecule has 4 aromatic carbocycles. The molecule has 1 fully saturated rings. The molecule has 0 spiro atoms. The molecule has 1 unspecified atom stereocenters. The fraction of sp³-hybridized carbons (Fsp3) is 0.521. The molecular weight excluding hydrogens is 1210 g/mol. The van der Waals surface area contributed by atoms with Gasteiger partial charge in [-0.15, -0.1) is 0 Å². The van der Waals surface area contributed by atoms with E-state index < -0.39 is 127 Å². The monoisotopic (exact) mass is 1300 g/mol. The summed E-state index contributed by atoms with van der Waals surface area (Å²) in [7, 11) is 8.92. The summed E-state index contributed by atoms with van der Waals surface area (Å²) in [4.78, 5) is 148. The molecule has 0 saturated carbocycles. The summed E-state index contributed by atoms with van der Waals surface area (Å²) in [5.74, 6) is -5.66. The van der Waals surface area contributed by atoms with Gasteiger partial charge in [-0.1, -0.05) is 86.5 Å². The van der Waals surface area contributed by atoms with Crippen molar-refractivity contribution in [2.75, 3.05) is 88.4 Å². The van der Waals surface area contributed by atoms with Gasteiger partial charge in [-0.05, 0) is 138 Å². The van der Waals surface area contributed by atoms with E-state index in [1.165, 1.54) is 79.8 Å². The number of amides is 7. The third kappa shape index (κ3) is 21.3. The van der Waals surface area contributed by atoms with E-state index in [-0.39, 0.29) is 51.1 Å². The number of methoxy groups -OCH3 is 2. The zero-order valence-electron chi connectivity index (χ0n) is 56.6. The van der Waals surface area contributed by atoms with E-state index in [0.717, 1.165) is 16.3 Å². The van der Waals surface area contributed by atoms with Crippen LogP contribution in [0.5, 0.6) is 17.2 Å². The number of ether oxygens (including phenoxy) is 6. The van der Waals surface area contributed by atoms with Crippen LogP contribution >= 0.6 is 0 Å². The molecule has 2 aliphatic heterocycles. The highest BCUT2D eigenvalue weighted by atomic mass is 16.5. The molecule has 2 bridgehead atoms. The Kier molecular flexibility index (Phi) is 27.5. The van der Waals surface area contributed by atoms with Crippen LogP contribution < -0.4 is 24.8 Å². The molecule has 2 N–H and O–H groups in total. The summed E-state index contributed by atoms with van der Waals surface area (Å²) in [5.41, 5.74) is -0.242. The number of aryl methyl sites for hydroxylation is 1. The van der Waals surface area contributed by atoms with Crippen molar-refractivity contribution in [2.24, 2.45) is 5.41 Å². The number of benzene rings is 4. The summed E-state index contributed by atoms with van der Waals surface area (Å²) in [6.07, 6.45) is 5.80. The van der Waals surface area contributed by atoms with Crippen molar-refractivity contribution >= 4 is 69.8 Å². The number of nitrogens with zero attached hydrogens (tertiary/aromatic N) is 5. The highest BCUT2D eigenvalue weighted by molar-refractivity contribution is 6.38. The van der Waals surface area contributed by atoms with Crippen molar-refractivity contribution < 1.29 is 76.4 Å². The maximum atomic E-state index is 15.1. The van der Waals surface area contributed by atoms with Gasteiger partial charge in [-0.2, -0.15) is 0 Å². The van der Waals surface area contributed by atoms with E-state index in [1.807, 2.05) is 61.5 Å². The molecule has 0 aromatic heterocycles. The number of Topliss-reactive ketones (excluding diaryl/α,β-unsaturated/α-hetero) is 1. The van der Waals surface area contributed by atoms with E-state index in [1.54, 1.807) is 64.2 Å². The third-order valence-corrected chi connectivity index (χ3v) is 16.8. The summed E-state index contributed by atoms with van der Waals surface area (Å²) in [5, 5.41) is 7.47. The van der Waals surface area contributed by atoms with Crippen molar-refractivity contribution in [3.05, 3.63) is 114 Å². The van der Waals surface area contributed by atoms with Gasteiger partial charge in [-0.25, -0.2) is 9.59 Å². The number of hydrogen-bond acceptors (Lipinski definition) is 16. The second-order valence-corrected chi connectivity index (χ2v) is 25.7. The van der Waals surface area contributed by atoms with Crippen LogP contribution in [0.25, 0.3) is 10.8 Å². The number of ketones is 1. The first-order valence-electron chi connectivity index (χ1n) is 32.2. The van der Waals surface area contributed by atoms with Gasteiger partial charge in [0.05, 0.1) is 44.9 Å². The Balaban J connectivity index is 1.31. The van der Waals surface area contributed by atoms with E-state index in [9.17, 15) is 43.2 Å². The number of allylic oxidation sites excluding steroid dienone is 1. The second-order valence-electron chi connectivity index (χ2n) is 25.7. The minimum atomic E-state index is -1.50. The summed E-state index contributed by atoms with van der Waals surface area (Å²) >= 11 is 0. The quantitative estimate of drug-likeness (QED) is 0.110. The van der Waals surface area contributed by atoms with Gasteiger partial charge in [0.1, 0.15) is 42.6 Å². The maximum absolute atomic E-state index is 15.1. The molecule has 0 radical (unpaired) electrons. The summed E-state index contributed by atoms with van der Waals surface area (Å²) < 4.78 is 35.0. The van der Waals surface area contributed by atoms with Crippen molar-refractivity contribution in [2.45, 2.75) is 148 Å². The molecule has 2 heterocycles. The van der Waals surface area contributed by atoms with E-state index in [0.29, 0.717) is 67.6 Å². The second kappa shape index (κ2) is 34.9. The molecule has 5 atom stereocenters. The number of carbonyl (C=O) groups is 10. The van der Waals surface area contributed by atoms with Crippen molar-refractivity contribution in [3.63, 3.8) is 0 Å². The first kappa shape index (κ1) is 74.2. The SMILES string of the molecule is CCCC[C@@H]1C(=O)NC(Cc2ccc3ccccc3c2)C(=O)N(C)[C@H](COC(C)(C)C)C(=O)NCC(=O)N(C)CCC/C=C\C(=O)OCC(C)(C)C(=O)C(=O)N2CCCC[C@@H]2C(=O)O[C@@H](CCc2ccc(OC)c(OC)c2)c2cccc(c2)OCC(=O)N(C)CC(=O)N1C. The Morgan fingerprint density at radius 2 is 1.41 bits per heavy atom. The number of cyclic esters (lactones) is 2. The number of piperidine rings is 1. The Labute approximate surface area is 552 Å². The molecule has 0 aliphatic carbocycles. The molecule has 4 aromatic rings. The van der Waals surface area contributed by atoms with Crippen LogP contribution in [0.3, 0.4) is 0 Å². The molecule has 1 saturated heterocycles. The zero-order chi connectivity index (χ0) is 68.9. The number of unbranched alkanes of at least 4 members (excludes halogenated alkanes) is 1. The fourth-order valence-corrected chi connectivity index (χ4v) is 10.9. The van der Waals surface area contributed by atoms with Crippen LogP contribution in [0.1, 0.15) is 122 Å². The Hall–Kier alpha value is -8.86. The van der Waals surface area contributed by atoms with Crippen LogP contribution in [0.4, 0.5) is 0 Å². The van der Waals surface area contributed by atoms with E-state index >= 15 is 4.79 Å². The molecule has 94 heavy (non-hydrogen) atoms. The number of hydrogen-bond donors (Lipinski definition) is 2. The Morgan fingerprint density at radius 3 is 2.13 bits per heavy atom. The van der Waals surface area contributed by atoms with Gasteiger partial charge in [-0.3, -0.25) is 38.4 Å². The van der Waals surface area contributed by atoms with Crippen LogP contribution in [0.15, 0.2) is 97.1 Å². The number of rotatable bonds is 12. The van der Waals surface area contributed by atoms with Gasteiger partial charge in [0.15, 0.2) is 18.1 Å². The molecular formula is C71H95N7O16. The van der Waals surface area contributed by atoms with Gasteiger partial charge >= 0.3 is 11.9 Å². The van der Waals surface area contributed by atoms with Gasteiger partial charge < -0.3 is 63.6 Å². The van der Waals surface area contributed by atoms with E-state index in [2.05, 4.69) is 10.6 Å². The van der Waals surface area contributed by atoms with Crippen molar-refractivity contribution in [3.8, 4) is 17.2 Å². The Bertz CT molecular complexity index is 3360. The zero-order valence-corrected chi connectivity index (χ0v) is 56.6. The van der Waals surface area contributed by atoms with Crippen LogP contribution in [0.2, 0.25) is 0 Å². The lowest BCUT2D eigenvalue weighted by atomic mass is 9.87. The lowest BCUT2D eigenvalue weighted by Crippen LogP contribution is -2.59. The predicted molar refractivity (Wildman–Crippen MR) is 352 cm³/mol. The van der Waals surface area contributed by atoms with Crippen molar-refractivity contribution in [1.82, 2.24) is 35.1 Å². The number of esters is 2. The first-order chi connectivity index (χ1) is 44.6. The predicted octanol–water partition coefficient (Wildman–Crippen LogP) is 6.74. The van der Waals surface area contributed by atoms with Gasteiger partial charge in [0, 0.05) is 53.8 Å². The number of fused-ring (bicyclic) bond motifs is 4. The number of likely N-dealkylation sites (N-methyl/N-ethyl adjacent to an activating group) is 4. The standard InChI is InChI=1S/C71H95N7O16/c1-13-14-27-54-66(85)73-53(39-48-30-33-49-23-17-18-24-50(49)38-48)67(86)77(10)56(44-93-70(2,3)4)65(84)72-42-60(79)74(7)36-20-15-16-29-63(82)92-46-71(5,6)64(83)68(87)78-37-21-19-28-55(78)69(88)94-57(34-31-47-32-35-58(89-11)59(40-47)90-12)51-25-22-26-52(41-51)91-45-62(81)75(8)43-61(80)76(54)9/h16-18,22-26,29-30,32-33,35,38,40-41,53-57H,13-15,19-21,27-28,31,34,36-37,39,42-46H2,1-12H3,(H,72,84)(H,73,85)/b29-16-/t53?,54-,55-,56-,57+/m1/s1. The number of carbonyl (C=O) groups excluding carboxylic acids is 10. The smallest absolute Gasteiger partial charge is 0.330 e. The average molecular weight is 1300 g/mol. The van der Waals surface area contributed by atoms with E-state index in [4.69, 9.17) is 28.4 Å². The minimum absolute atomic E-state index is 0.0160. The van der Waals surface area contributed by atoms with Gasteiger partial charge in [0.2, 0.25) is 35.3 Å². The maximum Gasteiger partial charge on any atom is 0.330 e. The molecule has 2 aliphatic rings. The lowest BCUT2D eigenvalue weighted by Gasteiger charge is -2.36. The third-order valence-electron chi connectivity index (χ3n) is 16.8. The lowest BCUT2D eigenvalue weighted by molar-refractivity contribution is -0.165. The molecule has 23 heteroatoms. The Morgan fingerprint density at radius 1 is 0.691 bits per heavy atom. The minimum Gasteiger partial charge on any atom is -0.493 e. The van der Waals surface area contributed by atoms with Crippen molar-refractivity contribution in [1.29, 1.82) is 0 Å². The topological polar surface area (TPSA) is 266 Å². The van der Waals surface area contributed by atoms with Crippen LogP contribution in [-0.4, -0.2) is 202 Å². The number of nitrogens with one attached hydrogen (secondary N) is 2. The first-order valence-corrected chi connectivity index (χ1v) is 32.2. The molecule has 6 rings (SSSR count). The van der Waals surface area contributed by atoms with Gasteiger partial charge in [0.25, 0.3) is 11.8 Å². The van der Waals surface area contributed by atoms with Crippen LogP contribution in [-0.2, 0) is 75.0 Å². The fourth-order valence-electron chi connectivity index (χ4n) is 10.9. The molecule has 7 amide bonds. The normalized spacial score (nSPS) is 21.9. The highest BCUT2D eigenvalue weighted by Crippen LogP contribution is 2.33. The molecule has 510 valence electrons. The average Bonchev–Trinajstić information content (AvgIpc) is 0.827.